The zero-order chi connectivity index (χ0) is 8.27. The molecule has 0 saturated carbocycles. The van der Waals surface area contributed by atoms with Crippen LogP contribution in [-0.2, 0) is 6.42 Å². The Labute approximate surface area is 68.7 Å². The highest BCUT2D eigenvalue weighted by Gasteiger charge is 1.99. The predicted molar refractivity (Wildman–Crippen MR) is 49.0 cm³/mol. The predicted octanol–water partition coefficient (Wildman–Crippen LogP) is 2.12. The summed E-state index contributed by atoms with van der Waals surface area (Å²) in [6.07, 6.45) is 1.07. The van der Waals surface area contributed by atoms with Gasteiger partial charge >= 0.3 is 0 Å². The zero-order valence-electron chi connectivity index (χ0n) is 7.39. The molecule has 0 aromatic heterocycles. The van der Waals surface area contributed by atoms with E-state index >= 15 is 0 Å². The van der Waals surface area contributed by atoms with E-state index in [2.05, 4.69) is 24.0 Å². The third kappa shape index (κ3) is 1.73. The van der Waals surface area contributed by atoms with Gasteiger partial charge in [0.15, 0.2) is 0 Å². The summed E-state index contributed by atoms with van der Waals surface area (Å²) in [7, 11) is 4.09. The molecule has 11 heavy (non-hydrogen) atoms. The quantitative estimate of drug-likeness (QED) is 0.621. The molecular weight excluding hydrogens is 134 g/mol. The Morgan fingerprint density at radius 1 is 1.45 bits per heavy atom. The van der Waals surface area contributed by atoms with Gasteiger partial charge in [-0.2, -0.15) is 0 Å². The average Bonchev–Trinajstić information content (AvgIpc) is 2.04. The maximum absolute atomic E-state index is 3.21. The molecule has 0 amide bonds. The van der Waals surface area contributed by atoms with Gasteiger partial charge in [0.25, 0.3) is 0 Å². The van der Waals surface area contributed by atoms with Crippen LogP contribution in [-0.4, -0.2) is 14.1 Å². The molecule has 0 aliphatic carbocycles. The van der Waals surface area contributed by atoms with E-state index in [0.717, 1.165) is 6.42 Å². The van der Waals surface area contributed by atoms with Crippen molar-refractivity contribution in [2.24, 2.45) is 0 Å². The van der Waals surface area contributed by atoms with Gasteiger partial charge < -0.3 is 4.90 Å². The fourth-order valence-corrected chi connectivity index (χ4v) is 1.16. The number of para-hydroxylation sites is 1. The lowest BCUT2D eigenvalue weighted by atomic mass is 10.1. The largest absolute Gasteiger partial charge is 0.377 e. The summed E-state index contributed by atoms with van der Waals surface area (Å²) in [4.78, 5) is 2.10. The molecule has 0 bridgehead atoms. The van der Waals surface area contributed by atoms with Gasteiger partial charge in [-0.25, -0.2) is 0 Å². The number of aryl methyl sites for hydroxylation is 1. The molecule has 0 spiro atoms. The Morgan fingerprint density at radius 3 is 2.64 bits per heavy atom. The van der Waals surface area contributed by atoms with E-state index < -0.39 is 0 Å². The zero-order valence-corrected chi connectivity index (χ0v) is 7.39. The molecule has 1 radical (unpaired) electrons. The molecule has 1 nitrogen and oxygen atoms in total. The van der Waals surface area contributed by atoms with Gasteiger partial charge in [-0.15, -0.1) is 0 Å². The monoisotopic (exact) mass is 148 g/mol. The van der Waals surface area contributed by atoms with Crippen LogP contribution in [0.2, 0.25) is 0 Å². The highest BCUT2D eigenvalue weighted by atomic mass is 15.1. The van der Waals surface area contributed by atoms with Gasteiger partial charge in [0, 0.05) is 25.8 Å². The summed E-state index contributed by atoms with van der Waals surface area (Å²) in [6.45, 7) is 2.16. The maximum atomic E-state index is 3.21. The Morgan fingerprint density at radius 2 is 2.18 bits per heavy atom. The van der Waals surface area contributed by atoms with E-state index in [1.54, 1.807) is 0 Å². The van der Waals surface area contributed by atoms with Crippen LogP contribution < -0.4 is 4.90 Å². The normalized spacial score (nSPS) is 9.73. The van der Waals surface area contributed by atoms with Crippen molar-refractivity contribution < 1.29 is 0 Å². The van der Waals surface area contributed by atoms with E-state index in [9.17, 15) is 0 Å². The topological polar surface area (TPSA) is 3.24 Å². The van der Waals surface area contributed by atoms with Gasteiger partial charge in [0.05, 0.1) is 0 Å². The first kappa shape index (κ1) is 8.12. The number of hydrogen-bond donors (Lipinski definition) is 0. The van der Waals surface area contributed by atoms with Crippen LogP contribution in [0.5, 0.6) is 0 Å². The molecule has 59 valence electrons. The molecule has 0 aliphatic rings. The molecular formula is C10H14N. The number of benzene rings is 1. The van der Waals surface area contributed by atoms with E-state index in [0.29, 0.717) is 0 Å². The number of hydrogen-bond acceptors (Lipinski definition) is 1. The number of anilines is 1. The summed E-state index contributed by atoms with van der Waals surface area (Å²) in [5.41, 5.74) is 2.56. The third-order valence-corrected chi connectivity index (χ3v) is 1.75. The van der Waals surface area contributed by atoms with E-state index in [1.165, 1.54) is 11.3 Å². The lowest BCUT2D eigenvalue weighted by Gasteiger charge is -2.15. The van der Waals surface area contributed by atoms with E-state index in [-0.39, 0.29) is 0 Å². The van der Waals surface area contributed by atoms with Crippen molar-refractivity contribution >= 4 is 5.69 Å². The van der Waals surface area contributed by atoms with Crippen LogP contribution in [0.3, 0.4) is 0 Å². The summed E-state index contributed by atoms with van der Waals surface area (Å²) in [5.74, 6) is 0. The first-order valence-electron chi connectivity index (χ1n) is 3.92. The van der Waals surface area contributed by atoms with Crippen molar-refractivity contribution in [3.63, 3.8) is 0 Å². The van der Waals surface area contributed by atoms with Crippen LogP contribution in [0.15, 0.2) is 18.2 Å². The molecule has 0 unspecified atom stereocenters. The molecule has 1 aromatic rings. The molecule has 0 atom stereocenters. The molecule has 0 N–H and O–H groups in total. The lowest BCUT2D eigenvalue weighted by molar-refractivity contribution is 1.06. The van der Waals surface area contributed by atoms with E-state index in [1.807, 2.05) is 26.2 Å². The second-order valence-electron chi connectivity index (χ2n) is 2.79. The lowest BCUT2D eigenvalue weighted by Crippen LogP contribution is -2.10. The van der Waals surface area contributed by atoms with Gasteiger partial charge in [0.2, 0.25) is 0 Å². The van der Waals surface area contributed by atoms with Gasteiger partial charge in [-0.3, -0.25) is 0 Å². The molecule has 1 rings (SSSR count). The van der Waals surface area contributed by atoms with Crippen molar-refractivity contribution in [3.05, 3.63) is 29.8 Å². The third-order valence-electron chi connectivity index (χ3n) is 1.75. The first-order chi connectivity index (χ1) is 5.25. The van der Waals surface area contributed by atoms with Gasteiger partial charge in [0.1, 0.15) is 0 Å². The number of rotatable bonds is 2. The van der Waals surface area contributed by atoms with Gasteiger partial charge in [-0.1, -0.05) is 25.1 Å². The minimum atomic E-state index is 1.07. The fourth-order valence-electron chi connectivity index (χ4n) is 1.16. The van der Waals surface area contributed by atoms with Crippen molar-refractivity contribution in [1.29, 1.82) is 0 Å². The Balaban J connectivity index is 3.02. The fraction of sp³-hybridized carbons (Fsp3) is 0.400. The molecule has 0 fully saturated rings. The Hall–Kier alpha value is -0.980. The van der Waals surface area contributed by atoms with Crippen LogP contribution in [0.1, 0.15) is 12.5 Å². The van der Waals surface area contributed by atoms with Crippen LogP contribution in [0, 0.1) is 6.07 Å². The smallest absolute Gasteiger partial charge is 0.0473 e. The van der Waals surface area contributed by atoms with Crippen molar-refractivity contribution in [1.82, 2.24) is 0 Å². The first-order valence-corrected chi connectivity index (χ1v) is 3.92. The molecule has 1 heteroatoms. The summed E-state index contributed by atoms with van der Waals surface area (Å²) >= 11 is 0. The van der Waals surface area contributed by atoms with Gasteiger partial charge in [-0.05, 0) is 12.0 Å². The van der Waals surface area contributed by atoms with Crippen molar-refractivity contribution in [3.8, 4) is 0 Å². The average molecular weight is 148 g/mol. The summed E-state index contributed by atoms with van der Waals surface area (Å²) in [6, 6.07) is 9.34. The van der Waals surface area contributed by atoms with Crippen LogP contribution in [0.4, 0.5) is 5.69 Å². The molecule has 0 aliphatic heterocycles. The standard InChI is InChI=1S/C10H14N/c1-4-9-7-5-6-8-10(9)11(2)3/h5-7H,4H2,1-3H3. The molecule has 0 saturated heterocycles. The van der Waals surface area contributed by atoms with Crippen LogP contribution >= 0.6 is 0 Å². The number of nitrogens with zero attached hydrogens (tertiary/aromatic N) is 1. The molecule has 0 heterocycles. The highest BCUT2D eigenvalue weighted by Crippen LogP contribution is 2.16. The molecule has 1 aromatic carbocycles. The summed E-state index contributed by atoms with van der Waals surface area (Å²) < 4.78 is 0. The Kier molecular flexibility index (Phi) is 2.53. The second-order valence-corrected chi connectivity index (χ2v) is 2.79. The van der Waals surface area contributed by atoms with Crippen molar-refractivity contribution in [2.45, 2.75) is 13.3 Å². The minimum Gasteiger partial charge on any atom is -0.377 e. The van der Waals surface area contributed by atoms with Crippen molar-refractivity contribution in [2.75, 3.05) is 19.0 Å². The highest BCUT2D eigenvalue weighted by molar-refractivity contribution is 5.51. The summed E-state index contributed by atoms with van der Waals surface area (Å²) in [5, 5.41) is 0. The second kappa shape index (κ2) is 3.42. The SMILES string of the molecule is CCc1ccc[c]c1N(C)C. The van der Waals surface area contributed by atoms with Crippen LogP contribution in [0.25, 0.3) is 0 Å². The maximum Gasteiger partial charge on any atom is 0.0473 e. The Bertz CT molecular complexity index is 228. The minimum absolute atomic E-state index is 1.07. The van der Waals surface area contributed by atoms with E-state index in [4.69, 9.17) is 0 Å².